The highest BCUT2D eigenvalue weighted by Crippen LogP contribution is 2.25. The second-order valence-electron chi connectivity index (χ2n) is 3.84. The van der Waals surface area contributed by atoms with Crippen LogP contribution in [0.5, 0.6) is 6.01 Å². The van der Waals surface area contributed by atoms with Crippen LogP contribution in [0.2, 0.25) is 0 Å². The van der Waals surface area contributed by atoms with Gasteiger partial charge in [-0.15, -0.1) is 0 Å². The summed E-state index contributed by atoms with van der Waals surface area (Å²) in [4.78, 5) is 13.6. The first-order valence-electron chi connectivity index (χ1n) is 5.28. The summed E-state index contributed by atoms with van der Waals surface area (Å²) in [6, 6.07) is 1.58. The highest BCUT2D eigenvalue weighted by atomic mass is 16.5. The third-order valence-electron chi connectivity index (χ3n) is 2.74. The molecule has 1 aliphatic heterocycles. The number of hydrogen-bond donors (Lipinski definition) is 3. The second kappa shape index (κ2) is 4.82. The van der Waals surface area contributed by atoms with Gasteiger partial charge >= 0.3 is 11.6 Å². The third kappa shape index (κ3) is 2.31. The predicted octanol–water partition coefficient (Wildman–Crippen LogP) is -1.69. The number of H-pyrrole nitrogens is 1. The second-order valence-corrected chi connectivity index (χ2v) is 3.84. The maximum atomic E-state index is 11.1. The van der Waals surface area contributed by atoms with Gasteiger partial charge in [-0.1, -0.05) is 0 Å². The van der Waals surface area contributed by atoms with Crippen molar-refractivity contribution in [2.75, 3.05) is 13.7 Å². The number of aromatic nitrogens is 2. The molecule has 0 radical (unpaired) electrons. The molecular weight excluding hydrogens is 228 g/mol. The molecule has 0 aliphatic carbocycles. The largest absolute Gasteiger partial charge is 0.458 e. The summed E-state index contributed by atoms with van der Waals surface area (Å²) < 4.78 is 12.0. The van der Waals surface area contributed by atoms with Crippen LogP contribution in [0.3, 0.4) is 0 Å². The number of ether oxygens (including phenoxy) is 2. The fraction of sp³-hybridized carbons (Fsp3) is 0.600. The molecule has 3 atom stereocenters. The third-order valence-corrected chi connectivity index (χ3v) is 2.74. The molecule has 0 amide bonds. The van der Waals surface area contributed by atoms with Gasteiger partial charge in [-0.05, 0) is 0 Å². The van der Waals surface area contributed by atoms with Crippen LogP contribution in [0.25, 0.3) is 0 Å². The molecule has 1 fully saturated rings. The molecule has 2 heterocycles. The number of rotatable bonds is 3. The van der Waals surface area contributed by atoms with Crippen LogP contribution >= 0.6 is 0 Å². The number of nitrogens with one attached hydrogen (secondary N) is 1. The van der Waals surface area contributed by atoms with Crippen LogP contribution in [0.1, 0.15) is 12.6 Å². The van der Waals surface area contributed by atoms with Crippen molar-refractivity contribution < 1.29 is 24.3 Å². The van der Waals surface area contributed by atoms with Gasteiger partial charge in [0.1, 0.15) is 12.3 Å². The van der Waals surface area contributed by atoms with E-state index in [1.165, 1.54) is 19.4 Å². The zero-order chi connectivity index (χ0) is 12.4. The number of nitrogens with zero attached hydrogens (tertiary/aromatic N) is 1. The van der Waals surface area contributed by atoms with E-state index in [4.69, 9.17) is 14.6 Å². The van der Waals surface area contributed by atoms with Gasteiger partial charge in [0.05, 0.1) is 25.9 Å². The van der Waals surface area contributed by atoms with Crippen LogP contribution in [0.4, 0.5) is 0 Å². The predicted molar refractivity (Wildman–Crippen MR) is 55.4 cm³/mol. The Morgan fingerprint density at radius 2 is 2.47 bits per heavy atom. The minimum absolute atomic E-state index is 0.244. The number of methoxy groups -OCH3 is 1. The van der Waals surface area contributed by atoms with Gasteiger partial charge < -0.3 is 19.7 Å². The van der Waals surface area contributed by atoms with Crippen LogP contribution in [0, 0.1) is 0 Å². The molecule has 1 saturated heterocycles. The first-order chi connectivity index (χ1) is 8.15. The van der Waals surface area contributed by atoms with Crippen molar-refractivity contribution in [3.05, 3.63) is 22.6 Å². The lowest BCUT2D eigenvalue weighted by Gasteiger charge is -2.11. The first-order valence-corrected chi connectivity index (χ1v) is 5.28. The van der Waals surface area contributed by atoms with Crippen LogP contribution in [-0.2, 0) is 4.74 Å². The molecule has 3 N–H and O–H groups in total. The molecule has 7 heteroatoms. The van der Waals surface area contributed by atoms with Gasteiger partial charge in [-0.25, -0.2) is 4.79 Å². The van der Waals surface area contributed by atoms with Gasteiger partial charge in [0, 0.05) is 6.42 Å². The van der Waals surface area contributed by atoms with Crippen LogP contribution < -0.4 is 14.9 Å². The quantitative estimate of drug-likeness (QED) is 0.551. The lowest BCUT2D eigenvalue weighted by molar-refractivity contribution is -0.765. The molecule has 0 unspecified atom stereocenters. The van der Waals surface area contributed by atoms with Crippen molar-refractivity contribution in [3.63, 3.8) is 0 Å². The zero-order valence-electron chi connectivity index (χ0n) is 9.37. The van der Waals surface area contributed by atoms with Crippen molar-refractivity contribution in [2.45, 2.75) is 24.9 Å². The van der Waals surface area contributed by atoms with E-state index >= 15 is 0 Å². The Morgan fingerprint density at radius 1 is 1.71 bits per heavy atom. The van der Waals surface area contributed by atoms with Crippen molar-refractivity contribution >= 4 is 0 Å². The smallest absolute Gasteiger partial charge is 0.434 e. The summed E-state index contributed by atoms with van der Waals surface area (Å²) in [6.07, 6.45) is 0.0554. The molecule has 1 aromatic rings. The molecule has 7 nitrogen and oxygen atoms in total. The summed E-state index contributed by atoms with van der Waals surface area (Å²) in [6.45, 7) is -0.246. The zero-order valence-corrected chi connectivity index (χ0v) is 9.37. The minimum Gasteiger partial charge on any atom is -0.434 e. The minimum atomic E-state index is -0.728. The van der Waals surface area contributed by atoms with Crippen molar-refractivity contribution in [2.24, 2.45) is 0 Å². The van der Waals surface area contributed by atoms with E-state index in [9.17, 15) is 9.90 Å². The van der Waals surface area contributed by atoms with Gasteiger partial charge in [-0.3, -0.25) is 0 Å². The summed E-state index contributed by atoms with van der Waals surface area (Å²) in [5, 5.41) is 18.6. The molecule has 1 aromatic heterocycles. The maximum absolute atomic E-state index is 11.1. The van der Waals surface area contributed by atoms with Crippen molar-refractivity contribution in [1.82, 2.24) is 4.98 Å². The molecule has 17 heavy (non-hydrogen) atoms. The SMILES string of the molecule is COc1[nH]c(=O)cc[n+]1[C@@H]1C[C@H](O)[C@@H](CO)O1. The Labute approximate surface area is 97.2 Å². The summed E-state index contributed by atoms with van der Waals surface area (Å²) in [5.41, 5.74) is -0.282. The topological polar surface area (TPSA) is 95.7 Å². The van der Waals surface area contributed by atoms with Gasteiger partial charge in [0.15, 0.2) is 0 Å². The fourth-order valence-electron chi connectivity index (χ4n) is 1.86. The molecule has 2 rings (SSSR count). The van der Waals surface area contributed by atoms with Gasteiger partial charge in [0.25, 0.3) is 0 Å². The average Bonchev–Trinajstić information content (AvgIpc) is 2.70. The van der Waals surface area contributed by atoms with E-state index in [2.05, 4.69) is 4.98 Å². The molecule has 94 valence electrons. The lowest BCUT2D eigenvalue weighted by atomic mass is 10.2. The Kier molecular flexibility index (Phi) is 3.41. The maximum Gasteiger partial charge on any atom is 0.458 e. The van der Waals surface area contributed by atoms with Crippen LogP contribution in [0.15, 0.2) is 17.1 Å². The molecule has 0 bridgehead atoms. The number of hydrogen-bond acceptors (Lipinski definition) is 5. The monoisotopic (exact) mass is 243 g/mol. The standard InChI is InChI=1S/C10H14N2O5/c1-16-10-11-8(15)2-3-12(10)9-4-6(14)7(5-13)17-9/h2-3,6-7,9,13-14H,4-5H2,1H3/p+1/t6-,7+,9-/m0/s1. The Hall–Kier alpha value is -1.44. The summed E-state index contributed by atoms with van der Waals surface area (Å²) in [5.74, 6) is 0. The molecule has 0 saturated carbocycles. The molecule has 0 spiro atoms. The molecule has 1 aliphatic rings. The Balaban J connectivity index is 2.26. The number of aliphatic hydroxyl groups excluding tert-OH is 2. The highest BCUT2D eigenvalue weighted by molar-refractivity contribution is 4.86. The lowest BCUT2D eigenvalue weighted by Crippen LogP contribution is -2.43. The van der Waals surface area contributed by atoms with E-state index in [0.29, 0.717) is 6.42 Å². The van der Waals surface area contributed by atoms with Crippen molar-refractivity contribution in [3.8, 4) is 6.01 Å². The average molecular weight is 243 g/mol. The number of aliphatic hydroxyl groups is 2. The van der Waals surface area contributed by atoms with E-state index in [1.54, 1.807) is 4.57 Å². The van der Waals surface area contributed by atoms with E-state index < -0.39 is 18.4 Å². The number of aromatic amines is 1. The van der Waals surface area contributed by atoms with E-state index in [0.717, 1.165) is 0 Å². The summed E-state index contributed by atoms with van der Waals surface area (Å²) in [7, 11) is 1.43. The highest BCUT2D eigenvalue weighted by Gasteiger charge is 2.38. The van der Waals surface area contributed by atoms with Crippen molar-refractivity contribution in [1.29, 1.82) is 0 Å². The Morgan fingerprint density at radius 3 is 3.06 bits per heavy atom. The molecule has 0 aromatic carbocycles. The van der Waals surface area contributed by atoms with Gasteiger partial charge in [0.2, 0.25) is 6.23 Å². The Bertz CT molecular complexity index is 447. The normalized spacial score (nSPS) is 28.3. The summed E-state index contributed by atoms with van der Waals surface area (Å²) >= 11 is 0. The van der Waals surface area contributed by atoms with E-state index in [1.807, 2.05) is 0 Å². The fourth-order valence-corrected chi connectivity index (χ4v) is 1.86. The van der Waals surface area contributed by atoms with E-state index in [-0.39, 0.29) is 18.2 Å². The molecular formula is C10H15N2O5+. The van der Waals surface area contributed by atoms with Crippen LogP contribution in [-0.4, -0.2) is 41.1 Å². The van der Waals surface area contributed by atoms with Gasteiger partial charge in [-0.2, -0.15) is 9.55 Å². The first kappa shape index (κ1) is 12.0.